The van der Waals surface area contributed by atoms with Gasteiger partial charge in [0, 0.05) is 42.6 Å². The van der Waals surface area contributed by atoms with E-state index in [4.69, 9.17) is 23.4 Å². The van der Waals surface area contributed by atoms with Crippen LogP contribution in [0.4, 0.5) is 0 Å². The molecular formula is C54H60O10. The Balaban J connectivity index is 1.22. The summed E-state index contributed by atoms with van der Waals surface area (Å²) in [6, 6.07) is 31.3. The maximum absolute atomic E-state index is 14.8. The summed E-state index contributed by atoms with van der Waals surface area (Å²) in [6.07, 6.45) is 2.42. The molecule has 4 aromatic carbocycles. The number of fused-ring (bicyclic) bond motifs is 11. The number of allylic oxidation sites excluding steroid dienone is 1. The number of carbonyl (C=O) groups excluding carboxylic acids is 2. The molecule has 0 amide bonds. The maximum atomic E-state index is 14.8. The van der Waals surface area contributed by atoms with Gasteiger partial charge in [-0.05, 0) is 136 Å². The minimum Gasteiger partial charge on any atom is -0.483 e. The Hall–Kier alpha value is -5.55. The van der Waals surface area contributed by atoms with Crippen LogP contribution in [0.2, 0.25) is 0 Å². The molecule has 10 heteroatoms. The fraction of sp³-hybridized carbons (Fsp3) is 0.426. The Morgan fingerprint density at radius 2 is 1.62 bits per heavy atom. The maximum Gasteiger partial charge on any atom is 0.340 e. The molecule has 6 unspecified atom stereocenters. The lowest BCUT2D eigenvalue weighted by atomic mass is 9.68. The summed E-state index contributed by atoms with van der Waals surface area (Å²) >= 11 is 0. The SMILES string of the molecule is COCC(CCO)c1c(CO)c2ccc3c(c2oc1=O)C1OC(=O)CC2CC(c4cccc(Cc5ccccc5)c4)CCC2c2ccc(cc2)CCC(=C(C)C)C(=O)OC1C(C)(C)O3. The molecule has 10 nitrogen and oxygen atoms in total. The minimum absolute atomic E-state index is 0.0622. The quantitative estimate of drug-likeness (QED) is 0.0836. The molecule has 1 fully saturated rings. The van der Waals surface area contributed by atoms with E-state index in [1.807, 2.05) is 19.9 Å². The monoisotopic (exact) mass is 868 g/mol. The van der Waals surface area contributed by atoms with Crippen molar-refractivity contribution in [2.45, 2.75) is 121 Å². The Morgan fingerprint density at radius 3 is 2.34 bits per heavy atom. The Morgan fingerprint density at radius 1 is 0.859 bits per heavy atom. The Bertz CT molecular complexity index is 2560. The number of methoxy groups -OCH3 is 1. The molecule has 1 saturated carbocycles. The van der Waals surface area contributed by atoms with Crippen LogP contribution in [0.25, 0.3) is 11.0 Å². The number of esters is 2. The summed E-state index contributed by atoms with van der Waals surface area (Å²) in [4.78, 5) is 43.3. The van der Waals surface area contributed by atoms with Gasteiger partial charge in [-0.2, -0.15) is 0 Å². The van der Waals surface area contributed by atoms with Crippen LogP contribution in [0.3, 0.4) is 0 Å². The van der Waals surface area contributed by atoms with Crippen molar-refractivity contribution >= 4 is 22.9 Å². The second-order valence-corrected chi connectivity index (χ2v) is 18.6. The van der Waals surface area contributed by atoms with Crippen molar-refractivity contribution in [3.63, 3.8) is 0 Å². The summed E-state index contributed by atoms with van der Waals surface area (Å²) in [7, 11) is 1.50. The normalized spacial score (nSPS) is 22.7. The predicted molar refractivity (Wildman–Crippen MR) is 244 cm³/mol. The number of hydrogen-bond acceptors (Lipinski definition) is 10. The summed E-state index contributed by atoms with van der Waals surface area (Å²) in [5.41, 5.74) is 6.24. The minimum atomic E-state index is -1.25. The Labute approximate surface area is 375 Å². The summed E-state index contributed by atoms with van der Waals surface area (Å²) in [6.45, 7) is 6.73. The summed E-state index contributed by atoms with van der Waals surface area (Å²) < 4.78 is 31.3. The second-order valence-electron chi connectivity index (χ2n) is 18.6. The fourth-order valence-corrected chi connectivity index (χ4v) is 10.5. The molecule has 2 N–H and O–H groups in total. The van der Waals surface area contributed by atoms with Gasteiger partial charge in [0.1, 0.15) is 16.9 Å². The topological polar surface area (TPSA) is 142 Å². The van der Waals surface area contributed by atoms with Crippen molar-refractivity contribution < 1.29 is 43.2 Å². The molecule has 3 aliphatic heterocycles. The van der Waals surface area contributed by atoms with Gasteiger partial charge in [-0.25, -0.2) is 9.59 Å². The molecule has 4 aliphatic rings. The number of hydrogen-bond donors (Lipinski definition) is 2. The average Bonchev–Trinajstić information content (AvgIpc) is 3.27. The first-order chi connectivity index (χ1) is 30.9. The van der Waals surface area contributed by atoms with E-state index < -0.39 is 47.9 Å². The van der Waals surface area contributed by atoms with Crippen molar-refractivity contribution in [1.82, 2.24) is 0 Å². The van der Waals surface area contributed by atoms with Crippen molar-refractivity contribution in [2.24, 2.45) is 5.92 Å². The third kappa shape index (κ3) is 9.32. The molecule has 0 saturated heterocycles. The van der Waals surface area contributed by atoms with Gasteiger partial charge in [-0.15, -0.1) is 0 Å². The van der Waals surface area contributed by atoms with E-state index in [1.165, 1.54) is 29.4 Å². The molecule has 1 aromatic heterocycles. The van der Waals surface area contributed by atoms with Gasteiger partial charge in [0.2, 0.25) is 0 Å². The van der Waals surface area contributed by atoms with Gasteiger partial charge in [0.15, 0.2) is 12.2 Å². The van der Waals surface area contributed by atoms with E-state index >= 15 is 0 Å². The molecule has 5 aromatic rings. The van der Waals surface area contributed by atoms with Crippen LogP contribution in [0, 0.1) is 5.92 Å². The average molecular weight is 869 g/mol. The molecule has 1 aliphatic carbocycles. The molecule has 0 spiro atoms. The highest BCUT2D eigenvalue weighted by molar-refractivity contribution is 5.90. The van der Waals surface area contributed by atoms with Gasteiger partial charge in [-0.1, -0.05) is 84.4 Å². The first kappa shape index (κ1) is 45.0. The zero-order valence-electron chi connectivity index (χ0n) is 37.6. The molecule has 2 bridgehead atoms. The number of aryl methyl sites for hydroxylation is 1. The van der Waals surface area contributed by atoms with Crippen LogP contribution in [-0.4, -0.2) is 54.2 Å². The van der Waals surface area contributed by atoms with Crippen LogP contribution < -0.4 is 10.4 Å². The summed E-state index contributed by atoms with van der Waals surface area (Å²) in [5.74, 6) is -1.04. The lowest BCUT2D eigenvalue weighted by Crippen LogP contribution is -2.52. The van der Waals surface area contributed by atoms with E-state index in [2.05, 4.69) is 72.8 Å². The highest BCUT2D eigenvalue weighted by atomic mass is 16.6. The largest absolute Gasteiger partial charge is 0.483 e. The van der Waals surface area contributed by atoms with Gasteiger partial charge in [0.05, 0.1) is 18.8 Å². The van der Waals surface area contributed by atoms with E-state index in [0.717, 1.165) is 36.8 Å². The number of ether oxygens (including phenoxy) is 4. The van der Waals surface area contributed by atoms with E-state index in [0.29, 0.717) is 35.1 Å². The Kier molecular flexibility index (Phi) is 13.6. The van der Waals surface area contributed by atoms with Gasteiger partial charge in [0.25, 0.3) is 0 Å². The number of benzene rings is 4. The van der Waals surface area contributed by atoms with Crippen molar-refractivity contribution in [1.29, 1.82) is 0 Å². The molecule has 336 valence electrons. The second kappa shape index (κ2) is 19.3. The fourth-order valence-electron chi connectivity index (χ4n) is 10.5. The predicted octanol–water partition coefficient (Wildman–Crippen LogP) is 9.70. The number of rotatable bonds is 9. The third-order valence-electron chi connectivity index (χ3n) is 13.7. The number of aliphatic hydroxyl groups is 2. The van der Waals surface area contributed by atoms with Crippen molar-refractivity contribution in [2.75, 3.05) is 20.3 Å². The third-order valence-corrected chi connectivity index (χ3v) is 13.7. The first-order valence-corrected chi connectivity index (χ1v) is 22.7. The van der Waals surface area contributed by atoms with E-state index in [-0.39, 0.29) is 60.5 Å². The number of aliphatic hydroxyl groups excluding tert-OH is 2. The van der Waals surface area contributed by atoms with Crippen LogP contribution in [0.1, 0.15) is 135 Å². The van der Waals surface area contributed by atoms with Gasteiger partial charge < -0.3 is 33.6 Å². The lowest BCUT2D eigenvalue weighted by Gasteiger charge is -2.44. The molecule has 64 heavy (non-hydrogen) atoms. The molecule has 6 atom stereocenters. The highest BCUT2D eigenvalue weighted by Crippen LogP contribution is 2.50. The standard InChI is InChI=1S/C54H60O10/c1-32(2)41-20-16-33-14-17-36(18-15-33)42-21-19-38(37-13-9-12-35(27-37)26-34-10-7-6-8-11-34)28-40(42)29-46(57)61-50-48-45(64-54(3,4)51(50)63-52(41)58)23-22-43-44(30-56)47(53(59)62-49(43)48)39(24-25-55)31-60-5/h6-15,17-18,22-23,27,38-40,42,50-51,55-56H,16,19-21,24-26,28-31H2,1-5H3. The highest BCUT2D eigenvalue weighted by Gasteiger charge is 2.51. The van der Waals surface area contributed by atoms with Crippen molar-refractivity contribution in [3.05, 3.63) is 157 Å². The van der Waals surface area contributed by atoms with Crippen LogP contribution in [0.15, 0.2) is 111 Å². The molecular weight excluding hydrogens is 809 g/mol. The molecule has 9 rings (SSSR count). The smallest absolute Gasteiger partial charge is 0.340 e. The number of carbonyl (C=O) groups is 2. The molecule has 0 radical (unpaired) electrons. The van der Waals surface area contributed by atoms with E-state index in [9.17, 15) is 24.6 Å². The first-order valence-electron chi connectivity index (χ1n) is 22.7. The molecule has 4 heterocycles. The zero-order valence-corrected chi connectivity index (χ0v) is 37.6. The lowest BCUT2D eigenvalue weighted by molar-refractivity contribution is -0.188. The van der Waals surface area contributed by atoms with Crippen LogP contribution >= 0.6 is 0 Å². The summed E-state index contributed by atoms with van der Waals surface area (Å²) in [5, 5.41) is 21.2. The van der Waals surface area contributed by atoms with Crippen LogP contribution in [-0.2, 0) is 43.2 Å². The van der Waals surface area contributed by atoms with Gasteiger partial charge >= 0.3 is 17.6 Å². The van der Waals surface area contributed by atoms with Crippen LogP contribution in [0.5, 0.6) is 5.75 Å². The van der Waals surface area contributed by atoms with Crippen molar-refractivity contribution in [3.8, 4) is 5.75 Å². The van der Waals surface area contributed by atoms with Gasteiger partial charge in [-0.3, -0.25) is 4.79 Å². The zero-order chi connectivity index (χ0) is 45.1. The van der Waals surface area contributed by atoms with E-state index in [1.54, 1.807) is 26.0 Å².